The summed E-state index contributed by atoms with van der Waals surface area (Å²) in [4.78, 5) is 8.58. The van der Waals surface area contributed by atoms with Gasteiger partial charge >= 0.3 is 6.18 Å². The van der Waals surface area contributed by atoms with Crippen LogP contribution in [-0.4, -0.2) is 29.3 Å². The average Bonchev–Trinajstić information content (AvgIpc) is 3.15. The molecule has 1 aliphatic carbocycles. The fraction of sp³-hybridized carbons (Fsp3) is 0.667. The SMILES string of the molecule is CCNc1nc(COCC(F)(F)F)nc(C2CC2)c1I. The lowest BCUT2D eigenvalue weighted by Crippen LogP contribution is -2.18. The predicted molar refractivity (Wildman–Crippen MR) is 76.6 cm³/mol. The molecule has 1 N–H and O–H groups in total. The van der Waals surface area contributed by atoms with Crippen molar-refractivity contribution in [1.29, 1.82) is 0 Å². The summed E-state index contributed by atoms with van der Waals surface area (Å²) in [6.45, 7) is 1.13. The maximum atomic E-state index is 12.1. The lowest BCUT2D eigenvalue weighted by Gasteiger charge is -2.12. The Kier molecular flexibility index (Phi) is 5.05. The molecule has 2 rings (SSSR count). The Labute approximate surface area is 128 Å². The maximum Gasteiger partial charge on any atom is 0.411 e. The smallest absolute Gasteiger partial charge is 0.369 e. The topological polar surface area (TPSA) is 47.0 Å². The maximum absolute atomic E-state index is 12.1. The van der Waals surface area contributed by atoms with Crippen molar-refractivity contribution in [1.82, 2.24) is 9.97 Å². The minimum absolute atomic E-state index is 0.228. The molecule has 0 spiro atoms. The number of aromatic nitrogens is 2. The third-order valence-corrected chi connectivity index (χ3v) is 3.79. The number of halogens is 4. The monoisotopic (exact) mass is 401 g/mol. The number of rotatable bonds is 6. The molecule has 1 fully saturated rings. The second-order valence-corrected chi connectivity index (χ2v) is 5.68. The molecule has 8 heteroatoms. The van der Waals surface area contributed by atoms with Gasteiger partial charge in [0.1, 0.15) is 19.0 Å². The first-order valence-electron chi connectivity index (χ1n) is 6.35. The molecule has 0 aliphatic heterocycles. The quantitative estimate of drug-likeness (QED) is 0.742. The van der Waals surface area contributed by atoms with Gasteiger partial charge in [0.05, 0.1) is 9.26 Å². The van der Waals surface area contributed by atoms with Gasteiger partial charge in [-0.15, -0.1) is 0 Å². The van der Waals surface area contributed by atoms with Crippen molar-refractivity contribution in [2.24, 2.45) is 0 Å². The van der Waals surface area contributed by atoms with E-state index in [-0.39, 0.29) is 6.61 Å². The summed E-state index contributed by atoms with van der Waals surface area (Å²) in [7, 11) is 0. The molecule has 4 nitrogen and oxygen atoms in total. The summed E-state index contributed by atoms with van der Waals surface area (Å²) in [5.41, 5.74) is 0.919. The fourth-order valence-corrected chi connectivity index (χ4v) is 2.62. The van der Waals surface area contributed by atoms with Crippen LogP contribution in [0.15, 0.2) is 0 Å². The minimum atomic E-state index is -4.33. The van der Waals surface area contributed by atoms with E-state index >= 15 is 0 Å². The average molecular weight is 401 g/mol. The van der Waals surface area contributed by atoms with Gasteiger partial charge in [-0.2, -0.15) is 13.2 Å². The summed E-state index contributed by atoms with van der Waals surface area (Å²) < 4.78 is 41.8. The Hall–Kier alpha value is -0.640. The van der Waals surface area contributed by atoms with E-state index in [1.54, 1.807) is 0 Å². The van der Waals surface area contributed by atoms with Crippen LogP contribution in [0.5, 0.6) is 0 Å². The van der Waals surface area contributed by atoms with Crippen LogP contribution in [0.25, 0.3) is 0 Å². The first-order valence-corrected chi connectivity index (χ1v) is 7.43. The van der Waals surface area contributed by atoms with E-state index in [0.717, 1.165) is 22.1 Å². The lowest BCUT2D eigenvalue weighted by atomic mass is 10.2. The van der Waals surface area contributed by atoms with Crippen molar-refractivity contribution >= 4 is 28.4 Å². The third kappa shape index (κ3) is 4.44. The molecule has 0 atom stereocenters. The van der Waals surface area contributed by atoms with Crippen molar-refractivity contribution in [2.75, 3.05) is 18.5 Å². The highest BCUT2D eigenvalue weighted by Gasteiger charge is 2.30. The van der Waals surface area contributed by atoms with E-state index < -0.39 is 12.8 Å². The van der Waals surface area contributed by atoms with Gasteiger partial charge in [0.15, 0.2) is 5.82 Å². The Morgan fingerprint density at radius 2 is 2.05 bits per heavy atom. The van der Waals surface area contributed by atoms with Crippen molar-refractivity contribution in [2.45, 2.75) is 38.5 Å². The molecule has 1 aromatic heterocycles. The number of anilines is 1. The summed E-state index contributed by atoms with van der Waals surface area (Å²) in [5, 5.41) is 3.11. The van der Waals surface area contributed by atoms with E-state index in [9.17, 15) is 13.2 Å². The number of hydrogen-bond acceptors (Lipinski definition) is 4. The molecular weight excluding hydrogens is 386 g/mol. The Morgan fingerprint density at radius 3 is 2.60 bits per heavy atom. The highest BCUT2D eigenvalue weighted by Crippen LogP contribution is 2.42. The number of hydrogen-bond donors (Lipinski definition) is 1. The van der Waals surface area contributed by atoms with Crippen molar-refractivity contribution in [3.8, 4) is 0 Å². The first-order chi connectivity index (χ1) is 9.40. The largest absolute Gasteiger partial charge is 0.411 e. The number of nitrogens with zero attached hydrogens (tertiary/aromatic N) is 2. The van der Waals surface area contributed by atoms with Crippen molar-refractivity contribution in [3.63, 3.8) is 0 Å². The highest BCUT2D eigenvalue weighted by molar-refractivity contribution is 14.1. The molecular formula is C12H15F3IN3O. The van der Waals surface area contributed by atoms with Gasteiger partial charge in [0.25, 0.3) is 0 Å². The summed E-state index contributed by atoms with van der Waals surface area (Å²) >= 11 is 2.18. The zero-order valence-corrected chi connectivity index (χ0v) is 13.1. The number of nitrogens with one attached hydrogen (secondary N) is 1. The Bertz CT molecular complexity index is 478. The lowest BCUT2D eigenvalue weighted by molar-refractivity contribution is -0.177. The van der Waals surface area contributed by atoms with Crippen LogP contribution < -0.4 is 5.32 Å². The molecule has 1 aromatic rings. The second kappa shape index (κ2) is 6.42. The van der Waals surface area contributed by atoms with Gasteiger partial charge in [-0.05, 0) is 42.4 Å². The van der Waals surface area contributed by atoms with Crippen LogP contribution in [0.3, 0.4) is 0 Å². The first kappa shape index (κ1) is 15.7. The molecule has 0 bridgehead atoms. The molecule has 1 saturated carbocycles. The van der Waals surface area contributed by atoms with Crippen LogP contribution in [0.2, 0.25) is 0 Å². The van der Waals surface area contributed by atoms with E-state index in [4.69, 9.17) is 0 Å². The van der Waals surface area contributed by atoms with Crippen LogP contribution in [0, 0.1) is 3.57 Å². The molecule has 20 heavy (non-hydrogen) atoms. The van der Waals surface area contributed by atoms with Crippen LogP contribution in [0.4, 0.5) is 19.0 Å². The van der Waals surface area contributed by atoms with Crippen LogP contribution in [-0.2, 0) is 11.3 Å². The van der Waals surface area contributed by atoms with Crippen LogP contribution >= 0.6 is 22.6 Å². The van der Waals surface area contributed by atoms with E-state index in [0.29, 0.717) is 24.1 Å². The van der Waals surface area contributed by atoms with Crippen molar-refractivity contribution < 1.29 is 17.9 Å². The van der Waals surface area contributed by atoms with Gasteiger partial charge < -0.3 is 10.1 Å². The second-order valence-electron chi connectivity index (χ2n) is 4.60. The third-order valence-electron chi connectivity index (χ3n) is 2.73. The van der Waals surface area contributed by atoms with Gasteiger partial charge in [0, 0.05) is 12.5 Å². The number of ether oxygens (including phenoxy) is 1. The van der Waals surface area contributed by atoms with E-state index in [1.165, 1.54) is 0 Å². The summed E-state index contributed by atoms with van der Waals surface area (Å²) in [6.07, 6.45) is -2.18. The van der Waals surface area contributed by atoms with E-state index in [1.807, 2.05) is 6.92 Å². The normalized spacial score (nSPS) is 15.4. The highest BCUT2D eigenvalue weighted by atomic mass is 127. The minimum Gasteiger partial charge on any atom is -0.369 e. The molecule has 1 aliphatic rings. The van der Waals surface area contributed by atoms with Crippen LogP contribution in [0.1, 0.15) is 37.2 Å². The van der Waals surface area contributed by atoms with E-state index in [2.05, 4.69) is 42.6 Å². The van der Waals surface area contributed by atoms with Gasteiger partial charge in [-0.25, -0.2) is 9.97 Å². The van der Waals surface area contributed by atoms with Gasteiger partial charge in [-0.1, -0.05) is 0 Å². The summed E-state index contributed by atoms with van der Waals surface area (Å²) in [5.74, 6) is 1.38. The summed E-state index contributed by atoms with van der Waals surface area (Å²) in [6, 6.07) is 0. The van der Waals surface area contributed by atoms with Crippen molar-refractivity contribution in [3.05, 3.63) is 15.1 Å². The molecule has 0 aromatic carbocycles. The molecule has 1 heterocycles. The Balaban J connectivity index is 2.11. The number of alkyl halides is 3. The predicted octanol–water partition coefficient (Wildman–Crippen LogP) is 3.47. The van der Waals surface area contributed by atoms with Gasteiger partial charge in [0.2, 0.25) is 0 Å². The molecule has 0 amide bonds. The zero-order valence-electron chi connectivity index (χ0n) is 10.9. The zero-order chi connectivity index (χ0) is 14.8. The Morgan fingerprint density at radius 1 is 1.35 bits per heavy atom. The molecule has 0 unspecified atom stereocenters. The van der Waals surface area contributed by atoms with Gasteiger partial charge in [-0.3, -0.25) is 0 Å². The molecule has 0 saturated heterocycles. The fourth-order valence-electron chi connectivity index (χ4n) is 1.75. The molecule has 112 valence electrons. The molecule has 0 radical (unpaired) electrons. The standard InChI is InChI=1S/C12H15F3IN3O/c1-2-17-11-9(16)10(7-3-4-7)18-8(19-11)5-20-6-12(13,14)15/h7H,2-6H2,1H3,(H,17,18,19).